The highest BCUT2D eigenvalue weighted by molar-refractivity contribution is 9.09. The Balaban J connectivity index is 2.43. The topological polar surface area (TPSA) is 3.24 Å². The molecule has 0 bridgehead atoms. The molecule has 1 unspecified atom stereocenters. The van der Waals surface area contributed by atoms with Crippen molar-refractivity contribution in [1.29, 1.82) is 0 Å². The highest BCUT2D eigenvalue weighted by atomic mass is 79.9. The van der Waals surface area contributed by atoms with E-state index in [0.29, 0.717) is 5.41 Å². The Morgan fingerprint density at radius 2 is 1.93 bits per heavy atom. The Kier molecular flexibility index (Phi) is 5.62. The zero-order valence-corrected chi connectivity index (χ0v) is 12.1. The summed E-state index contributed by atoms with van der Waals surface area (Å²) in [5, 5.41) is 1.18. The second-order valence-corrected chi connectivity index (χ2v) is 5.95. The van der Waals surface area contributed by atoms with Crippen molar-refractivity contribution in [1.82, 2.24) is 4.90 Å². The smallest absolute Gasteiger partial charge is 0.0100 e. The lowest BCUT2D eigenvalue weighted by Gasteiger charge is -2.35. The fraction of sp³-hybridized carbons (Fsp3) is 1.00. The Labute approximate surface area is 104 Å². The molecule has 0 heterocycles. The summed E-state index contributed by atoms with van der Waals surface area (Å²) in [5.74, 6) is 0. The molecule has 1 atom stereocenters. The molecule has 90 valence electrons. The third kappa shape index (κ3) is 3.74. The van der Waals surface area contributed by atoms with Crippen molar-refractivity contribution >= 4 is 15.9 Å². The van der Waals surface area contributed by atoms with Crippen molar-refractivity contribution in [3.63, 3.8) is 0 Å². The lowest BCUT2D eigenvalue weighted by molar-refractivity contribution is 0.157. The van der Waals surface area contributed by atoms with E-state index in [1.807, 2.05) is 0 Å². The van der Waals surface area contributed by atoms with Gasteiger partial charge in [-0.2, -0.15) is 0 Å². The standard InChI is InChI=1S/C13H26BrN/c1-4-7-12(2)15(3)11-13(10-14)8-5-6-9-13/h12H,4-11H2,1-3H3. The monoisotopic (exact) mass is 275 g/mol. The van der Waals surface area contributed by atoms with Crippen LogP contribution in [0.5, 0.6) is 0 Å². The van der Waals surface area contributed by atoms with E-state index in [4.69, 9.17) is 0 Å². The lowest BCUT2D eigenvalue weighted by Crippen LogP contribution is -2.39. The van der Waals surface area contributed by atoms with Crippen LogP contribution in [-0.2, 0) is 0 Å². The fourth-order valence-corrected chi connectivity index (χ4v) is 3.52. The average Bonchev–Trinajstić information content (AvgIpc) is 2.67. The normalized spacial score (nSPS) is 22.2. The van der Waals surface area contributed by atoms with Gasteiger partial charge in [0.05, 0.1) is 0 Å². The minimum absolute atomic E-state index is 0.580. The second kappa shape index (κ2) is 6.24. The zero-order chi connectivity index (χ0) is 11.3. The van der Waals surface area contributed by atoms with Crippen LogP contribution in [0.3, 0.4) is 0 Å². The maximum atomic E-state index is 3.72. The zero-order valence-electron chi connectivity index (χ0n) is 10.6. The number of nitrogens with zero attached hydrogens (tertiary/aromatic N) is 1. The molecule has 0 amide bonds. The molecule has 1 rings (SSSR count). The Bertz CT molecular complexity index is 175. The van der Waals surface area contributed by atoms with E-state index in [9.17, 15) is 0 Å². The van der Waals surface area contributed by atoms with Gasteiger partial charge in [-0.1, -0.05) is 42.1 Å². The molecule has 0 aromatic carbocycles. The summed E-state index contributed by atoms with van der Waals surface area (Å²) in [6.45, 7) is 5.92. The van der Waals surface area contributed by atoms with Crippen LogP contribution in [0.25, 0.3) is 0 Å². The van der Waals surface area contributed by atoms with E-state index in [1.54, 1.807) is 0 Å². The molecule has 1 nitrogen and oxygen atoms in total. The van der Waals surface area contributed by atoms with Crippen LogP contribution < -0.4 is 0 Å². The van der Waals surface area contributed by atoms with E-state index in [-0.39, 0.29) is 0 Å². The second-order valence-electron chi connectivity index (χ2n) is 5.39. The van der Waals surface area contributed by atoms with Gasteiger partial charge in [-0.15, -0.1) is 0 Å². The molecule has 0 aliphatic heterocycles. The molecule has 1 aliphatic carbocycles. The van der Waals surface area contributed by atoms with Crippen LogP contribution >= 0.6 is 15.9 Å². The highest BCUT2D eigenvalue weighted by Gasteiger charge is 2.34. The van der Waals surface area contributed by atoms with Crippen molar-refractivity contribution in [2.24, 2.45) is 5.41 Å². The number of rotatable bonds is 6. The number of alkyl halides is 1. The summed E-state index contributed by atoms with van der Waals surface area (Å²) in [7, 11) is 2.29. The molecule has 0 saturated heterocycles. The average molecular weight is 276 g/mol. The molecule has 2 heteroatoms. The van der Waals surface area contributed by atoms with Crippen molar-refractivity contribution < 1.29 is 0 Å². The molecular weight excluding hydrogens is 250 g/mol. The lowest BCUT2D eigenvalue weighted by atomic mass is 9.88. The van der Waals surface area contributed by atoms with E-state index < -0.39 is 0 Å². The molecule has 0 N–H and O–H groups in total. The van der Waals surface area contributed by atoms with E-state index in [2.05, 4.69) is 41.7 Å². The third-order valence-electron chi connectivity index (χ3n) is 3.99. The minimum Gasteiger partial charge on any atom is -0.303 e. The van der Waals surface area contributed by atoms with Crippen molar-refractivity contribution in [3.05, 3.63) is 0 Å². The molecule has 0 spiro atoms. The van der Waals surface area contributed by atoms with Crippen LogP contribution in [0.4, 0.5) is 0 Å². The van der Waals surface area contributed by atoms with Gasteiger partial charge in [-0.25, -0.2) is 0 Å². The fourth-order valence-electron chi connectivity index (χ4n) is 2.78. The maximum Gasteiger partial charge on any atom is 0.0100 e. The Morgan fingerprint density at radius 3 is 2.40 bits per heavy atom. The summed E-state index contributed by atoms with van der Waals surface area (Å²) in [6.07, 6.45) is 8.33. The minimum atomic E-state index is 0.580. The van der Waals surface area contributed by atoms with Crippen LogP contribution in [-0.4, -0.2) is 29.9 Å². The molecule has 1 aliphatic rings. The van der Waals surface area contributed by atoms with E-state index in [0.717, 1.165) is 6.04 Å². The first-order chi connectivity index (χ1) is 7.13. The highest BCUT2D eigenvalue weighted by Crippen LogP contribution is 2.40. The summed E-state index contributed by atoms with van der Waals surface area (Å²) >= 11 is 3.72. The quantitative estimate of drug-likeness (QED) is 0.661. The van der Waals surface area contributed by atoms with Gasteiger partial charge in [0, 0.05) is 17.9 Å². The van der Waals surface area contributed by atoms with Gasteiger partial charge in [-0.3, -0.25) is 0 Å². The summed E-state index contributed by atoms with van der Waals surface area (Å²) in [5.41, 5.74) is 0.580. The van der Waals surface area contributed by atoms with Gasteiger partial charge in [0.25, 0.3) is 0 Å². The van der Waals surface area contributed by atoms with Gasteiger partial charge in [0.1, 0.15) is 0 Å². The van der Waals surface area contributed by atoms with Crippen molar-refractivity contribution in [3.8, 4) is 0 Å². The van der Waals surface area contributed by atoms with Crippen LogP contribution in [0.1, 0.15) is 52.4 Å². The summed E-state index contributed by atoms with van der Waals surface area (Å²) in [6, 6.07) is 0.742. The van der Waals surface area contributed by atoms with Gasteiger partial charge in [0.2, 0.25) is 0 Å². The third-order valence-corrected chi connectivity index (χ3v) is 5.18. The first-order valence-electron chi connectivity index (χ1n) is 6.40. The first-order valence-corrected chi connectivity index (χ1v) is 7.52. The first kappa shape index (κ1) is 13.5. The Morgan fingerprint density at radius 1 is 1.33 bits per heavy atom. The molecule has 15 heavy (non-hydrogen) atoms. The molecule has 0 aromatic heterocycles. The Hall–Kier alpha value is 0.440. The number of hydrogen-bond donors (Lipinski definition) is 0. The molecule has 0 aromatic rings. The van der Waals surface area contributed by atoms with Gasteiger partial charge < -0.3 is 4.90 Å². The van der Waals surface area contributed by atoms with E-state index in [1.165, 1.54) is 50.4 Å². The van der Waals surface area contributed by atoms with Crippen LogP contribution in [0.2, 0.25) is 0 Å². The number of hydrogen-bond acceptors (Lipinski definition) is 1. The predicted molar refractivity (Wildman–Crippen MR) is 71.7 cm³/mol. The molecule has 1 fully saturated rings. The molecular formula is C13H26BrN. The van der Waals surface area contributed by atoms with Crippen LogP contribution in [0.15, 0.2) is 0 Å². The number of halogens is 1. The van der Waals surface area contributed by atoms with Gasteiger partial charge in [-0.05, 0) is 38.6 Å². The van der Waals surface area contributed by atoms with Crippen molar-refractivity contribution in [2.75, 3.05) is 18.9 Å². The molecule has 0 radical (unpaired) electrons. The predicted octanol–water partition coefficient (Wildman–Crippen LogP) is 4.06. The van der Waals surface area contributed by atoms with Gasteiger partial charge in [0.15, 0.2) is 0 Å². The SMILES string of the molecule is CCCC(C)N(C)CC1(CBr)CCCC1. The molecule has 1 saturated carbocycles. The summed E-state index contributed by atoms with van der Waals surface area (Å²) in [4.78, 5) is 2.57. The van der Waals surface area contributed by atoms with Crippen molar-refractivity contribution in [2.45, 2.75) is 58.4 Å². The maximum absolute atomic E-state index is 3.72. The van der Waals surface area contributed by atoms with Crippen LogP contribution in [0, 0.1) is 5.41 Å². The van der Waals surface area contributed by atoms with E-state index >= 15 is 0 Å². The summed E-state index contributed by atoms with van der Waals surface area (Å²) < 4.78 is 0. The largest absolute Gasteiger partial charge is 0.303 e. The van der Waals surface area contributed by atoms with Gasteiger partial charge >= 0.3 is 0 Å².